The van der Waals surface area contributed by atoms with E-state index in [4.69, 9.17) is 11.0 Å². The minimum Gasteiger partial charge on any atom is -0.354 e. The predicted molar refractivity (Wildman–Crippen MR) is 125 cm³/mol. The van der Waals surface area contributed by atoms with Crippen molar-refractivity contribution in [2.75, 3.05) is 11.9 Å². The summed E-state index contributed by atoms with van der Waals surface area (Å²) < 4.78 is 13.4. The van der Waals surface area contributed by atoms with Crippen LogP contribution in [0.4, 0.5) is 10.3 Å². The third kappa shape index (κ3) is 5.29. The Morgan fingerprint density at radius 2 is 1.73 bits per heavy atom. The van der Waals surface area contributed by atoms with E-state index in [1.807, 2.05) is 12.1 Å². The zero-order valence-corrected chi connectivity index (χ0v) is 17.6. The fourth-order valence-electron chi connectivity index (χ4n) is 3.48. The van der Waals surface area contributed by atoms with Crippen LogP contribution in [0, 0.1) is 17.1 Å². The molecule has 1 atom stereocenters. The first-order valence-corrected chi connectivity index (χ1v) is 10.3. The largest absolute Gasteiger partial charge is 0.354 e. The molecule has 0 saturated carbocycles. The van der Waals surface area contributed by atoms with Crippen molar-refractivity contribution < 1.29 is 4.39 Å². The molecule has 1 unspecified atom stereocenters. The minimum absolute atomic E-state index is 0.246. The van der Waals surface area contributed by atoms with Gasteiger partial charge in [0.05, 0.1) is 22.9 Å². The molecule has 0 radical (unpaired) electrons. The van der Waals surface area contributed by atoms with E-state index in [1.54, 1.807) is 48.8 Å². The summed E-state index contributed by atoms with van der Waals surface area (Å²) >= 11 is 0. The maximum Gasteiger partial charge on any atom is 0.260 e. The van der Waals surface area contributed by atoms with Crippen LogP contribution in [0.2, 0.25) is 0 Å². The van der Waals surface area contributed by atoms with Gasteiger partial charge in [-0.05, 0) is 53.9 Å². The lowest BCUT2D eigenvalue weighted by molar-refractivity contribution is 0.628. The molecule has 0 fully saturated rings. The predicted octanol–water partition coefficient (Wildman–Crippen LogP) is 3.49. The molecule has 0 aliphatic carbocycles. The third-order valence-corrected chi connectivity index (χ3v) is 5.12. The van der Waals surface area contributed by atoms with Gasteiger partial charge in [-0.1, -0.05) is 24.3 Å². The summed E-state index contributed by atoms with van der Waals surface area (Å²) in [5.74, 6) is -0.101. The standard InChI is InChI=1S/C25H21FN6O/c26-20-7-5-18(6-8-20)22-23(19-9-11-29-12-10-19)31-25(32-24(22)33)30-15-21(28)13-16-1-3-17(14-27)4-2-16/h1-12,21H,13,15,28H2,(H2,30,31,32,33). The number of nitrogens with two attached hydrogens (primary N) is 1. The first kappa shape index (κ1) is 21.9. The number of H-pyrrole nitrogens is 1. The number of rotatable bonds is 7. The highest BCUT2D eigenvalue weighted by atomic mass is 19.1. The van der Waals surface area contributed by atoms with Gasteiger partial charge >= 0.3 is 0 Å². The van der Waals surface area contributed by atoms with E-state index in [1.165, 1.54) is 12.1 Å². The van der Waals surface area contributed by atoms with Crippen LogP contribution in [-0.2, 0) is 6.42 Å². The summed E-state index contributed by atoms with van der Waals surface area (Å²) in [4.78, 5) is 24.4. The molecule has 0 bridgehead atoms. The molecule has 0 spiro atoms. The Bertz CT molecular complexity index is 1330. The summed E-state index contributed by atoms with van der Waals surface area (Å²) in [5, 5.41) is 12.0. The van der Waals surface area contributed by atoms with Gasteiger partial charge in [-0.3, -0.25) is 14.8 Å². The SMILES string of the molecule is N#Cc1ccc(CC(N)CNc2nc(-c3ccncc3)c(-c3ccc(F)cc3)c(=O)[nH]2)cc1. The fourth-order valence-corrected chi connectivity index (χ4v) is 3.48. The van der Waals surface area contributed by atoms with Gasteiger partial charge in [-0.15, -0.1) is 0 Å². The number of halogens is 1. The molecule has 8 heteroatoms. The normalized spacial score (nSPS) is 11.5. The second-order valence-electron chi connectivity index (χ2n) is 7.53. The van der Waals surface area contributed by atoms with Crippen LogP contribution in [0.1, 0.15) is 11.1 Å². The van der Waals surface area contributed by atoms with Gasteiger partial charge in [0.1, 0.15) is 5.82 Å². The highest BCUT2D eigenvalue weighted by molar-refractivity contribution is 5.80. The summed E-state index contributed by atoms with van der Waals surface area (Å²) in [6.07, 6.45) is 3.83. The number of aromatic nitrogens is 3. The Balaban J connectivity index is 1.59. The number of aromatic amines is 1. The summed E-state index contributed by atoms with van der Waals surface area (Å²) in [5.41, 5.74) is 9.56. The number of pyridine rings is 1. The molecule has 2 aromatic heterocycles. The van der Waals surface area contributed by atoms with E-state index in [-0.39, 0.29) is 23.4 Å². The van der Waals surface area contributed by atoms with Crippen molar-refractivity contribution >= 4 is 5.95 Å². The van der Waals surface area contributed by atoms with Crippen molar-refractivity contribution in [2.45, 2.75) is 12.5 Å². The number of nitrogens with one attached hydrogen (secondary N) is 2. The van der Waals surface area contributed by atoms with E-state index >= 15 is 0 Å². The van der Waals surface area contributed by atoms with Gasteiger partial charge in [0, 0.05) is 30.5 Å². The van der Waals surface area contributed by atoms with E-state index in [9.17, 15) is 9.18 Å². The van der Waals surface area contributed by atoms with E-state index in [0.717, 1.165) is 5.56 Å². The maximum absolute atomic E-state index is 13.4. The molecular weight excluding hydrogens is 419 g/mol. The van der Waals surface area contributed by atoms with Gasteiger partial charge in [0.25, 0.3) is 5.56 Å². The summed E-state index contributed by atoms with van der Waals surface area (Å²) in [6, 6.07) is 18.3. The zero-order chi connectivity index (χ0) is 23.2. The lowest BCUT2D eigenvalue weighted by Gasteiger charge is -2.15. The monoisotopic (exact) mass is 440 g/mol. The molecule has 164 valence electrons. The molecule has 0 aliphatic heterocycles. The Labute approximate surface area is 189 Å². The van der Waals surface area contributed by atoms with Crippen LogP contribution >= 0.6 is 0 Å². The molecule has 4 aromatic rings. The van der Waals surface area contributed by atoms with Crippen molar-refractivity contribution in [3.05, 3.63) is 100 Å². The molecule has 0 aliphatic rings. The van der Waals surface area contributed by atoms with E-state index < -0.39 is 0 Å². The Hall–Kier alpha value is -4.35. The van der Waals surface area contributed by atoms with Crippen LogP contribution in [0.25, 0.3) is 22.4 Å². The van der Waals surface area contributed by atoms with Crippen LogP contribution in [0.3, 0.4) is 0 Å². The quantitative estimate of drug-likeness (QED) is 0.405. The molecular formula is C25H21FN6O. The summed E-state index contributed by atoms with van der Waals surface area (Å²) in [6.45, 7) is 0.370. The van der Waals surface area contributed by atoms with Crippen LogP contribution in [-0.4, -0.2) is 27.5 Å². The Morgan fingerprint density at radius 3 is 2.39 bits per heavy atom. The van der Waals surface area contributed by atoms with Gasteiger partial charge < -0.3 is 11.1 Å². The molecule has 33 heavy (non-hydrogen) atoms. The van der Waals surface area contributed by atoms with Gasteiger partial charge in [0.2, 0.25) is 5.95 Å². The molecule has 0 saturated heterocycles. The average Bonchev–Trinajstić information content (AvgIpc) is 2.84. The second kappa shape index (κ2) is 9.85. The van der Waals surface area contributed by atoms with Gasteiger partial charge in [0.15, 0.2) is 0 Å². The highest BCUT2D eigenvalue weighted by Gasteiger charge is 2.16. The highest BCUT2D eigenvalue weighted by Crippen LogP contribution is 2.28. The van der Waals surface area contributed by atoms with E-state index in [0.29, 0.717) is 40.9 Å². The number of benzene rings is 2. The second-order valence-corrected chi connectivity index (χ2v) is 7.53. The first-order valence-electron chi connectivity index (χ1n) is 10.3. The van der Waals surface area contributed by atoms with Crippen LogP contribution in [0.15, 0.2) is 77.9 Å². The number of nitrogens with zero attached hydrogens (tertiary/aromatic N) is 3. The van der Waals surface area contributed by atoms with Crippen molar-refractivity contribution in [2.24, 2.45) is 5.73 Å². The molecule has 4 N–H and O–H groups in total. The fraction of sp³-hybridized carbons (Fsp3) is 0.120. The van der Waals surface area contributed by atoms with Crippen LogP contribution < -0.4 is 16.6 Å². The number of hydrogen-bond donors (Lipinski definition) is 3. The molecule has 2 heterocycles. The van der Waals surface area contributed by atoms with Crippen molar-refractivity contribution in [3.8, 4) is 28.5 Å². The third-order valence-electron chi connectivity index (χ3n) is 5.12. The lowest BCUT2D eigenvalue weighted by Crippen LogP contribution is -2.32. The van der Waals surface area contributed by atoms with Crippen molar-refractivity contribution in [1.29, 1.82) is 5.26 Å². The summed E-state index contributed by atoms with van der Waals surface area (Å²) in [7, 11) is 0. The molecule has 4 rings (SSSR count). The van der Waals surface area contributed by atoms with Crippen molar-refractivity contribution in [1.82, 2.24) is 15.0 Å². The Morgan fingerprint density at radius 1 is 1.03 bits per heavy atom. The maximum atomic E-state index is 13.4. The zero-order valence-electron chi connectivity index (χ0n) is 17.6. The van der Waals surface area contributed by atoms with E-state index in [2.05, 4.69) is 26.3 Å². The lowest BCUT2D eigenvalue weighted by atomic mass is 10.0. The molecule has 2 aromatic carbocycles. The van der Waals surface area contributed by atoms with Crippen LogP contribution in [0.5, 0.6) is 0 Å². The number of anilines is 1. The first-order chi connectivity index (χ1) is 16.0. The smallest absolute Gasteiger partial charge is 0.260 e. The Kier molecular flexibility index (Phi) is 6.53. The van der Waals surface area contributed by atoms with Gasteiger partial charge in [-0.2, -0.15) is 5.26 Å². The molecule has 0 amide bonds. The number of hydrogen-bond acceptors (Lipinski definition) is 6. The average molecular weight is 440 g/mol. The topological polar surface area (TPSA) is 120 Å². The van der Waals surface area contributed by atoms with Crippen molar-refractivity contribution in [3.63, 3.8) is 0 Å². The minimum atomic E-state index is -0.386. The number of nitriles is 1. The van der Waals surface area contributed by atoms with Gasteiger partial charge in [-0.25, -0.2) is 9.37 Å². The molecule has 7 nitrogen and oxygen atoms in total.